The van der Waals surface area contributed by atoms with Gasteiger partial charge in [-0.2, -0.15) is 5.10 Å². The number of nitrogens with zero attached hydrogens (tertiary/aromatic N) is 2. The number of rotatable bonds is 8. The van der Waals surface area contributed by atoms with E-state index in [1.807, 2.05) is 0 Å². The van der Waals surface area contributed by atoms with E-state index in [-0.39, 0.29) is 0 Å². The third kappa shape index (κ3) is 3.19. The third-order valence-electron chi connectivity index (χ3n) is 4.29. The van der Waals surface area contributed by atoms with Gasteiger partial charge in [-0.1, -0.05) is 20.8 Å². The second-order valence-corrected chi connectivity index (χ2v) is 5.78. The van der Waals surface area contributed by atoms with E-state index in [0.29, 0.717) is 6.04 Å². The number of aryl methyl sites for hydroxylation is 1. The minimum Gasteiger partial charge on any atom is -0.313 e. The lowest BCUT2D eigenvalue weighted by Crippen LogP contribution is -2.17. The Morgan fingerprint density at radius 2 is 2.00 bits per heavy atom. The summed E-state index contributed by atoms with van der Waals surface area (Å²) in [5, 5.41) is 8.46. The highest BCUT2D eigenvalue weighted by molar-refractivity contribution is 5.27. The first kappa shape index (κ1) is 14.6. The summed E-state index contributed by atoms with van der Waals surface area (Å²) in [4.78, 5) is 0. The molecule has 1 N–H and O–H groups in total. The maximum Gasteiger partial charge on any atom is 0.0669 e. The second-order valence-electron chi connectivity index (χ2n) is 5.78. The fourth-order valence-corrected chi connectivity index (χ4v) is 2.92. The van der Waals surface area contributed by atoms with Crippen LogP contribution in [0.25, 0.3) is 0 Å². The lowest BCUT2D eigenvalue weighted by atomic mass is 10.1. The van der Waals surface area contributed by atoms with Crippen molar-refractivity contribution in [1.82, 2.24) is 15.1 Å². The SMILES string of the molecule is CCCNCc1c(CC)nn(C(C)C2CC2)c1CC. The molecule has 3 heteroatoms. The molecule has 3 nitrogen and oxygen atoms in total. The average Bonchev–Trinajstić information content (AvgIpc) is 3.20. The Morgan fingerprint density at radius 3 is 2.53 bits per heavy atom. The molecule has 1 heterocycles. The van der Waals surface area contributed by atoms with E-state index >= 15 is 0 Å². The highest BCUT2D eigenvalue weighted by atomic mass is 15.3. The molecule has 0 aliphatic heterocycles. The Labute approximate surface area is 117 Å². The van der Waals surface area contributed by atoms with Gasteiger partial charge in [0.25, 0.3) is 0 Å². The molecule has 1 fully saturated rings. The molecule has 2 rings (SSSR count). The summed E-state index contributed by atoms with van der Waals surface area (Å²) >= 11 is 0. The largest absolute Gasteiger partial charge is 0.313 e. The Bertz CT molecular complexity index is 404. The van der Waals surface area contributed by atoms with Crippen LogP contribution in [-0.4, -0.2) is 16.3 Å². The van der Waals surface area contributed by atoms with Crippen molar-refractivity contribution < 1.29 is 0 Å². The van der Waals surface area contributed by atoms with Crippen molar-refractivity contribution in [3.8, 4) is 0 Å². The van der Waals surface area contributed by atoms with Crippen molar-refractivity contribution >= 4 is 0 Å². The summed E-state index contributed by atoms with van der Waals surface area (Å²) in [6.45, 7) is 11.1. The summed E-state index contributed by atoms with van der Waals surface area (Å²) in [7, 11) is 0. The van der Waals surface area contributed by atoms with Crippen LogP contribution in [-0.2, 0) is 19.4 Å². The maximum absolute atomic E-state index is 4.92. The molecule has 0 amide bonds. The highest BCUT2D eigenvalue weighted by Gasteiger charge is 2.31. The normalized spacial score (nSPS) is 16.8. The molecule has 0 aromatic carbocycles. The van der Waals surface area contributed by atoms with E-state index < -0.39 is 0 Å². The van der Waals surface area contributed by atoms with Crippen LogP contribution in [0.2, 0.25) is 0 Å². The quantitative estimate of drug-likeness (QED) is 0.728. The minimum absolute atomic E-state index is 0.583. The van der Waals surface area contributed by atoms with Crippen molar-refractivity contribution in [3.05, 3.63) is 17.0 Å². The lowest BCUT2D eigenvalue weighted by Gasteiger charge is -2.15. The van der Waals surface area contributed by atoms with E-state index in [1.54, 1.807) is 0 Å². The van der Waals surface area contributed by atoms with Crippen LogP contribution < -0.4 is 5.32 Å². The summed E-state index contributed by atoms with van der Waals surface area (Å²) in [5.41, 5.74) is 4.22. The summed E-state index contributed by atoms with van der Waals surface area (Å²) in [5.74, 6) is 0.867. The minimum atomic E-state index is 0.583. The van der Waals surface area contributed by atoms with Gasteiger partial charge >= 0.3 is 0 Å². The van der Waals surface area contributed by atoms with Gasteiger partial charge in [-0.3, -0.25) is 4.68 Å². The van der Waals surface area contributed by atoms with E-state index in [0.717, 1.165) is 31.8 Å². The number of hydrogen-bond acceptors (Lipinski definition) is 2. The Balaban J connectivity index is 2.23. The molecule has 1 aromatic rings. The van der Waals surface area contributed by atoms with Crippen molar-refractivity contribution in [2.24, 2.45) is 5.92 Å². The molecule has 0 saturated heterocycles. The molecule has 1 aromatic heterocycles. The Morgan fingerprint density at radius 1 is 1.26 bits per heavy atom. The predicted octanol–water partition coefficient (Wildman–Crippen LogP) is 3.48. The summed E-state index contributed by atoms with van der Waals surface area (Å²) < 4.78 is 2.33. The molecule has 1 aliphatic carbocycles. The smallest absolute Gasteiger partial charge is 0.0669 e. The topological polar surface area (TPSA) is 29.9 Å². The zero-order valence-electron chi connectivity index (χ0n) is 13.0. The van der Waals surface area contributed by atoms with Gasteiger partial charge in [0.2, 0.25) is 0 Å². The number of aromatic nitrogens is 2. The van der Waals surface area contributed by atoms with Gasteiger partial charge in [-0.15, -0.1) is 0 Å². The van der Waals surface area contributed by atoms with Gasteiger partial charge in [-0.25, -0.2) is 0 Å². The lowest BCUT2D eigenvalue weighted by molar-refractivity contribution is 0.423. The summed E-state index contributed by atoms with van der Waals surface area (Å²) in [6.07, 6.45) is 6.09. The van der Waals surface area contributed by atoms with Crippen molar-refractivity contribution in [2.45, 2.75) is 72.4 Å². The molecular formula is C16H29N3. The monoisotopic (exact) mass is 263 g/mol. The van der Waals surface area contributed by atoms with Gasteiger partial charge in [-0.05, 0) is 51.5 Å². The molecule has 0 radical (unpaired) electrons. The fourth-order valence-electron chi connectivity index (χ4n) is 2.92. The van der Waals surface area contributed by atoms with Crippen LogP contribution in [0.3, 0.4) is 0 Å². The highest BCUT2D eigenvalue weighted by Crippen LogP contribution is 2.40. The zero-order chi connectivity index (χ0) is 13.8. The van der Waals surface area contributed by atoms with Crippen molar-refractivity contribution in [2.75, 3.05) is 6.54 Å². The maximum atomic E-state index is 4.92. The summed E-state index contributed by atoms with van der Waals surface area (Å²) in [6, 6.07) is 0.583. The van der Waals surface area contributed by atoms with Gasteiger partial charge in [0, 0.05) is 17.8 Å². The van der Waals surface area contributed by atoms with Gasteiger partial charge < -0.3 is 5.32 Å². The average molecular weight is 263 g/mol. The van der Waals surface area contributed by atoms with Gasteiger partial charge in [0.15, 0.2) is 0 Å². The van der Waals surface area contributed by atoms with Crippen LogP contribution in [0.5, 0.6) is 0 Å². The van der Waals surface area contributed by atoms with Crippen LogP contribution in [0.15, 0.2) is 0 Å². The van der Waals surface area contributed by atoms with Crippen LogP contribution >= 0.6 is 0 Å². The molecule has 19 heavy (non-hydrogen) atoms. The van der Waals surface area contributed by atoms with Crippen LogP contribution in [0.4, 0.5) is 0 Å². The zero-order valence-corrected chi connectivity index (χ0v) is 13.0. The second kappa shape index (κ2) is 6.56. The van der Waals surface area contributed by atoms with Crippen LogP contribution in [0, 0.1) is 5.92 Å². The fraction of sp³-hybridized carbons (Fsp3) is 0.812. The van der Waals surface area contributed by atoms with E-state index in [2.05, 4.69) is 37.7 Å². The molecule has 1 atom stereocenters. The van der Waals surface area contributed by atoms with E-state index in [9.17, 15) is 0 Å². The molecule has 108 valence electrons. The Hall–Kier alpha value is -0.830. The third-order valence-corrected chi connectivity index (χ3v) is 4.29. The van der Waals surface area contributed by atoms with Gasteiger partial charge in [0.05, 0.1) is 11.7 Å². The van der Waals surface area contributed by atoms with Crippen molar-refractivity contribution in [3.63, 3.8) is 0 Å². The van der Waals surface area contributed by atoms with E-state index in [1.165, 1.54) is 36.2 Å². The molecule has 0 spiro atoms. The van der Waals surface area contributed by atoms with E-state index in [4.69, 9.17) is 5.10 Å². The molecule has 1 saturated carbocycles. The molecular weight excluding hydrogens is 234 g/mol. The first-order valence-corrected chi connectivity index (χ1v) is 8.02. The standard InChI is InChI=1S/C16H29N3/c1-5-10-17-11-14-15(6-2)18-19(16(14)7-3)12(4)13-8-9-13/h12-13,17H,5-11H2,1-4H3. The van der Waals surface area contributed by atoms with Gasteiger partial charge in [0.1, 0.15) is 0 Å². The first-order valence-electron chi connectivity index (χ1n) is 8.02. The predicted molar refractivity (Wildman–Crippen MR) is 80.4 cm³/mol. The molecule has 0 bridgehead atoms. The first-order chi connectivity index (χ1) is 9.22. The number of hydrogen-bond donors (Lipinski definition) is 1. The number of nitrogens with one attached hydrogen (secondary N) is 1. The molecule has 1 aliphatic rings. The Kier molecular flexibility index (Phi) is 5.03. The van der Waals surface area contributed by atoms with Crippen LogP contribution in [0.1, 0.15) is 70.0 Å². The van der Waals surface area contributed by atoms with Crippen molar-refractivity contribution in [1.29, 1.82) is 0 Å². The molecule has 1 unspecified atom stereocenters.